The number of hydrogen-bond acceptors (Lipinski definition) is 7. The molecule has 0 aromatic carbocycles. The first-order chi connectivity index (χ1) is 15.7. The molecule has 196 valence electrons. The third-order valence-electron chi connectivity index (χ3n) is 5.74. The van der Waals surface area contributed by atoms with E-state index < -0.39 is 62.3 Å². The monoisotopic (exact) mass is 508 g/mol. The molecular weight excluding hydrogens is 471 g/mol. The van der Waals surface area contributed by atoms with Gasteiger partial charge in [-0.25, -0.2) is 9.36 Å². The molecule has 0 aromatic rings. The number of nitrogens with two attached hydrogens (primary N) is 1. The van der Waals surface area contributed by atoms with Crippen molar-refractivity contribution in [2.45, 2.75) is 77.5 Å². The molecule has 0 radical (unpaired) electrons. The normalized spacial score (nSPS) is 19.9. The van der Waals surface area contributed by atoms with Gasteiger partial charge < -0.3 is 36.2 Å². The Morgan fingerprint density at radius 1 is 1.12 bits per heavy atom. The van der Waals surface area contributed by atoms with Crippen LogP contribution in [-0.4, -0.2) is 80.8 Å². The van der Waals surface area contributed by atoms with Crippen LogP contribution >= 0.6 is 7.82 Å². The number of nitrogens with zero attached hydrogens (tertiary/aromatic N) is 1. The molecule has 1 heterocycles. The van der Waals surface area contributed by atoms with Crippen molar-refractivity contribution in [3.8, 4) is 0 Å². The average Bonchev–Trinajstić information content (AvgIpc) is 3.23. The fourth-order valence-electron chi connectivity index (χ4n) is 3.59. The smallest absolute Gasteiger partial charge is 0.469 e. The van der Waals surface area contributed by atoms with Crippen molar-refractivity contribution in [1.82, 2.24) is 15.5 Å². The van der Waals surface area contributed by atoms with E-state index in [4.69, 9.17) is 15.5 Å². The lowest BCUT2D eigenvalue weighted by molar-refractivity contribution is -0.149. The zero-order chi connectivity index (χ0) is 26.2. The zero-order valence-electron chi connectivity index (χ0n) is 20.0. The number of carbonyl (C=O) groups excluding carboxylic acids is 3. The minimum atomic E-state index is -4.97. The minimum absolute atomic E-state index is 0.0571. The van der Waals surface area contributed by atoms with E-state index in [1.165, 1.54) is 4.90 Å². The van der Waals surface area contributed by atoms with Crippen LogP contribution in [0.2, 0.25) is 0 Å². The van der Waals surface area contributed by atoms with Gasteiger partial charge in [0.1, 0.15) is 18.1 Å². The van der Waals surface area contributed by atoms with E-state index in [2.05, 4.69) is 15.2 Å². The number of phosphoric ester groups is 1. The Kier molecular flexibility index (Phi) is 11.6. The lowest BCUT2D eigenvalue weighted by atomic mass is 9.99. The van der Waals surface area contributed by atoms with Gasteiger partial charge in [-0.05, 0) is 31.1 Å². The maximum Gasteiger partial charge on any atom is 0.469 e. The molecule has 0 unspecified atom stereocenters. The summed E-state index contributed by atoms with van der Waals surface area (Å²) in [4.78, 5) is 69.4. The second-order valence-electron chi connectivity index (χ2n) is 8.98. The number of carbonyl (C=O) groups is 4. The number of phosphoric acid groups is 1. The van der Waals surface area contributed by atoms with Gasteiger partial charge in [0.05, 0.1) is 12.6 Å². The standard InChI is InChI=1S/C20H37N4O9P/c1-5-12(4)16(21)18(26)23-14(10-33-34(30,31)32)17(25)22-13(9-11(2)3)19(27)24-8-6-7-15(24)20(28)29/h11-16H,5-10,21H2,1-4H3,(H,22,25)(H,23,26)(H,28,29)(H2,30,31,32)/t12-,13-,14-,15-,16-/m0/s1. The molecule has 1 rings (SSSR count). The fraction of sp³-hybridized carbons (Fsp3) is 0.800. The molecule has 0 bridgehead atoms. The molecule has 14 heteroatoms. The number of rotatable bonds is 13. The van der Waals surface area contributed by atoms with Crippen LogP contribution in [0, 0.1) is 11.8 Å². The third-order valence-corrected chi connectivity index (χ3v) is 6.23. The molecular formula is C20H37N4O9P. The summed E-state index contributed by atoms with van der Waals surface area (Å²) in [7, 11) is -4.97. The van der Waals surface area contributed by atoms with Crippen molar-refractivity contribution in [2.24, 2.45) is 17.6 Å². The van der Waals surface area contributed by atoms with Crippen LogP contribution in [0.15, 0.2) is 0 Å². The van der Waals surface area contributed by atoms with E-state index in [9.17, 15) is 28.8 Å². The van der Waals surface area contributed by atoms with E-state index in [1.54, 1.807) is 6.92 Å². The van der Waals surface area contributed by atoms with Gasteiger partial charge in [0.2, 0.25) is 17.7 Å². The summed E-state index contributed by atoms with van der Waals surface area (Å²) < 4.78 is 15.6. The van der Waals surface area contributed by atoms with Crippen LogP contribution in [-0.2, 0) is 28.3 Å². The van der Waals surface area contributed by atoms with Crippen molar-refractivity contribution in [3.63, 3.8) is 0 Å². The average molecular weight is 509 g/mol. The number of carboxylic acids is 1. The number of likely N-dealkylation sites (tertiary alicyclic amines) is 1. The van der Waals surface area contributed by atoms with Crippen molar-refractivity contribution < 1.29 is 43.2 Å². The SMILES string of the molecule is CC[C@H](C)[C@H](N)C(=O)N[C@@H](COP(=O)(O)O)C(=O)N[C@@H](CC(C)C)C(=O)N1CCC[C@H]1C(=O)O. The Morgan fingerprint density at radius 3 is 2.21 bits per heavy atom. The van der Waals surface area contributed by atoms with E-state index >= 15 is 0 Å². The van der Waals surface area contributed by atoms with Crippen LogP contribution in [0.1, 0.15) is 53.4 Å². The van der Waals surface area contributed by atoms with Crippen molar-refractivity contribution in [2.75, 3.05) is 13.2 Å². The van der Waals surface area contributed by atoms with Crippen molar-refractivity contribution >= 4 is 31.5 Å². The highest BCUT2D eigenvalue weighted by molar-refractivity contribution is 7.46. The quantitative estimate of drug-likeness (QED) is 0.177. The molecule has 13 nitrogen and oxygen atoms in total. The molecule has 0 aliphatic carbocycles. The number of hydrogen-bond donors (Lipinski definition) is 6. The number of carboxylic acid groups (broad SMARTS) is 1. The fourth-order valence-corrected chi connectivity index (χ4v) is 3.93. The topological polar surface area (TPSA) is 209 Å². The van der Waals surface area contributed by atoms with Gasteiger partial charge in [0.15, 0.2) is 0 Å². The Balaban J connectivity index is 3.08. The summed E-state index contributed by atoms with van der Waals surface area (Å²) in [6, 6.07) is -4.64. The van der Waals surface area contributed by atoms with Gasteiger partial charge in [-0.15, -0.1) is 0 Å². The molecule has 3 amide bonds. The second-order valence-corrected chi connectivity index (χ2v) is 10.2. The molecule has 1 aliphatic heterocycles. The van der Waals surface area contributed by atoms with Gasteiger partial charge in [0, 0.05) is 6.54 Å². The molecule has 1 fully saturated rings. The Labute approximate surface area is 199 Å². The van der Waals surface area contributed by atoms with Crippen LogP contribution in [0.3, 0.4) is 0 Å². The Hall–Kier alpha value is -2.05. The van der Waals surface area contributed by atoms with Crippen LogP contribution in [0.25, 0.3) is 0 Å². The molecule has 34 heavy (non-hydrogen) atoms. The van der Waals surface area contributed by atoms with Crippen molar-refractivity contribution in [1.29, 1.82) is 0 Å². The highest BCUT2D eigenvalue weighted by Crippen LogP contribution is 2.35. The summed E-state index contributed by atoms with van der Waals surface area (Å²) in [6.07, 6.45) is 1.56. The number of amides is 3. The summed E-state index contributed by atoms with van der Waals surface area (Å²) in [5, 5.41) is 14.2. The lowest BCUT2D eigenvalue weighted by Gasteiger charge is -2.30. The molecule has 1 aliphatic rings. The predicted octanol–water partition coefficient (Wildman–Crippen LogP) is -0.440. The van der Waals surface area contributed by atoms with E-state index in [-0.39, 0.29) is 24.8 Å². The first kappa shape index (κ1) is 30.0. The highest BCUT2D eigenvalue weighted by atomic mass is 31.2. The maximum atomic E-state index is 13.1. The highest BCUT2D eigenvalue weighted by Gasteiger charge is 2.39. The van der Waals surface area contributed by atoms with Crippen LogP contribution in [0.5, 0.6) is 0 Å². The van der Waals surface area contributed by atoms with Gasteiger partial charge in [0.25, 0.3) is 0 Å². The van der Waals surface area contributed by atoms with Crippen LogP contribution in [0.4, 0.5) is 0 Å². The van der Waals surface area contributed by atoms with E-state index in [0.29, 0.717) is 19.3 Å². The summed E-state index contributed by atoms with van der Waals surface area (Å²) in [5.74, 6) is -3.64. The maximum absolute atomic E-state index is 13.1. The number of nitrogens with one attached hydrogen (secondary N) is 2. The Morgan fingerprint density at radius 2 is 1.71 bits per heavy atom. The largest absolute Gasteiger partial charge is 0.480 e. The molecule has 0 spiro atoms. The molecule has 0 saturated carbocycles. The first-order valence-electron chi connectivity index (χ1n) is 11.3. The van der Waals surface area contributed by atoms with E-state index in [1.807, 2.05) is 20.8 Å². The van der Waals surface area contributed by atoms with Gasteiger partial charge in [-0.3, -0.25) is 18.9 Å². The molecule has 1 saturated heterocycles. The molecule has 0 aromatic heterocycles. The van der Waals surface area contributed by atoms with Crippen molar-refractivity contribution in [3.05, 3.63) is 0 Å². The third kappa shape index (κ3) is 9.30. The summed E-state index contributed by atoms with van der Waals surface area (Å²) in [5.41, 5.74) is 5.89. The number of aliphatic carboxylic acids is 1. The van der Waals surface area contributed by atoms with Crippen LogP contribution < -0.4 is 16.4 Å². The molecule has 7 N–H and O–H groups in total. The van der Waals surface area contributed by atoms with Gasteiger partial charge in [-0.2, -0.15) is 0 Å². The summed E-state index contributed by atoms with van der Waals surface area (Å²) in [6.45, 7) is 6.55. The minimum Gasteiger partial charge on any atom is -0.480 e. The predicted molar refractivity (Wildman–Crippen MR) is 121 cm³/mol. The summed E-state index contributed by atoms with van der Waals surface area (Å²) >= 11 is 0. The van der Waals surface area contributed by atoms with Gasteiger partial charge >= 0.3 is 13.8 Å². The zero-order valence-corrected chi connectivity index (χ0v) is 20.9. The Bertz CT molecular complexity index is 788. The lowest BCUT2D eigenvalue weighted by Crippen LogP contribution is -2.59. The first-order valence-corrected chi connectivity index (χ1v) is 12.8. The van der Waals surface area contributed by atoms with E-state index in [0.717, 1.165) is 0 Å². The second kappa shape index (κ2) is 13.1. The van der Waals surface area contributed by atoms with Gasteiger partial charge in [-0.1, -0.05) is 34.1 Å². The molecule has 5 atom stereocenters.